The van der Waals surface area contributed by atoms with E-state index < -0.39 is 0 Å². The molecule has 0 heterocycles. The van der Waals surface area contributed by atoms with Crippen molar-refractivity contribution < 1.29 is 4.79 Å². The van der Waals surface area contributed by atoms with E-state index in [1.165, 1.54) is 16.7 Å². The topological polar surface area (TPSA) is 17.1 Å². The van der Waals surface area contributed by atoms with E-state index in [9.17, 15) is 4.79 Å². The van der Waals surface area contributed by atoms with Crippen molar-refractivity contribution >= 4 is 6.29 Å². The summed E-state index contributed by atoms with van der Waals surface area (Å²) in [5, 5.41) is 0. The zero-order chi connectivity index (χ0) is 16.1. The van der Waals surface area contributed by atoms with E-state index in [0.717, 1.165) is 37.5 Å². The van der Waals surface area contributed by atoms with Crippen molar-refractivity contribution in [2.75, 3.05) is 0 Å². The van der Waals surface area contributed by atoms with Crippen LogP contribution in [0.4, 0.5) is 0 Å². The van der Waals surface area contributed by atoms with Crippen LogP contribution in [0.1, 0.15) is 60.3 Å². The molecule has 0 unspecified atom stereocenters. The van der Waals surface area contributed by atoms with Crippen LogP contribution in [0.2, 0.25) is 0 Å². The number of allylic oxidation sites excluding steroid dienone is 10. The molecule has 1 nitrogen and oxygen atoms in total. The molecular weight excluding hydrogens is 256 g/mol. The lowest BCUT2D eigenvalue weighted by Crippen LogP contribution is -1.80. The summed E-state index contributed by atoms with van der Waals surface area (Å²) in [6, 6.07) is 0. The fourth-order valence-corrected chi connectivity index (χ4v) is 1.85. The molecule has 0 atom stereocenters. The lowest BCUT2D eigenvalue weighted by molar-refractivity contribution is -0.104. The Balaban J connectivity index is 4.12. The van der Waals surface area contributed by atoms with E-state index in [4.69, 9.17) is 0 Å². The van der Waals surface area contributed by atoms with Gasteiger partial charge in [-0.05, 0) is 72.0 Å². The molecule has 0 aliphatic rings. The average molecular weight is 286 g/mol. The third-order valence-electron chi connectivity index (χ3n) is 3.19. The predicted octanol–water partition coefficient (Wildman–Crippen LogP) is 6.11. The van der Waals surface area contributed by atoms with Gasteiger partial charge >= 0.3 is 0 Å². The Morgan fingerprint density at radius 2 is 1.43 bits per heavy atom. The lowest BCUT2D eigenvalue weighted by atomic mass is 10.1. The maximum atomic E-state index is 10.3. The second-order valence-electron chi connectivity index (χ2n) is 5.83. The summed E-state index contributed by atoms with van der Waals surface area (Å²) in [7, 11) is 0. The second-order valence-corrected chi connectivity index (χ2v) is 5.83. The zero-order valence-electron chi connectivity index (χ0n) is 14.3. The number of rotatable bonds is 9. The summed E-state index contributed by atoms with van der Waals surface area (Å²) in [6.07, 6.45) is 17.6. The first-order valence-corrected chi connectivity index (χ1v) is 7.70. The molecule has 0 saturated carbocycles. The number of carbonyl (C=O) groups excluding carboxylic acids is 1. The summed E-state index contributed by atoms with van der Waals surface area (Å²) >= 11 is 0. The fourth-order valence-electron chi connectivity index (χ4n) is 1.85. The van der Waals surface area contributed by atoms with Gasteiger partial charge in [-0.2, -0.15) is 0 Å². The van der Waals surface area contributed by atoms with Crippen LogP contribution < -0.4 is 0 Å². The molecule has 0 amide bonds. The van der Waals surface area contributed by atoms with Crippen molar-refractivity contribution in [3.63, 3.8) is 0 Å². The molecule has 0 saturated heterocycles. The van der Waals surface area contributed by atoms with Crippen LogP contribution in [-0.4, -0.2) is 6.29 Å². The van der Waals surface area contributed by atoms with Crippen molar-refractivity contribution in [3.8, 4) is 0 Å². The minimum absolute atomic E-state index is 0.818. The van der Waals surface area contributed by atoms with Gasteiger partial charge in [-0.1, -0.05) is 47.1 Å². The van der Waals surface area contributed by atoms with Crippen molar-refractivity contribution in [2.45, 2.75) is 60.3 Å². The molecule has 21 heavy (non-hydrogen) atoms. The van der Waals surface area contributed by atoms with Gasteiger partial charge in [-0.15, -0.1) is 0 Å². The number of aldehydes is 1. The largest absolute Gasteiger partial charge is 0.299 e. The van der Waals surface area contributed by atoms with Gasteiger partial charge in [0.15, 0.2) is 0 Å². The SMILES string of the molecule is CC(C)=CCCC(C)=CCCC(C)=CC=CC(C)=CC=O. The smallest absolute Gasteiger partial charge is 0.143 e. The first kappa shape index (κ1) is 19.4. The number of carbonyl (C=O) groups is 1. The Hall–Kier alpha value is -1.63. The Kier molecular flexibility index (Phi) is 11.2. The van der Waals surface area contributed by atoms with Gasteiger partial charge in [0.05, 0.1) is 0 Å². The van der Waals surface area contributed by atoms with Crippen LogP contribution in [0.25, 0.3) is 0 Å². The average Bonchev–Trinajstić information content (AvgIpc) is 2.38. The summed E-state index contributed by atoms with van der Waals surface area (Å²) in [4.78, 5) is 10.3. The Bertz CT molecular complexity index is 452. The van der Waals surface area contributed by atoms with E-state index in [1.807, 2.05) is 19.1 Å². The third kappa shape index (κ3) is 13.1. The summed E-state index contributed by atoms with van der Waals surface area (Å²) < 4.78 is 0. The maximum absolute atomic E-state index is 10.3. The molecule has 0 aromatic rings. The van der Waals surface area contributed by atoms with Crippen LogP contribution in [0.15, 0.2) is 58.7 Å². The molecule has 116 valence electrons. The van der Waals surface area contributed by atoms with E-state index in [0.29, 0.717) is 0 Å². The second kappa shape index (κ2) is 12.1. The van der Waals surface area contributed by atoms with Gasteiger partial charge in [0.25, 0.3) is 0 Å². The molecule has 1 heteroatoms. The van der Waals surface area contributed by atoms with Gasteiger partial charge in [0.2, 0.25) is 0 Å². The van der Waals surface area contributed by atoms with Crippen molar-refractivity contribution in [1.82, 2.24) is 0 Å². The predicted molar refractivity (Wildman–Crippen MR) is 94.4 cm³/mol. The zero-order valence-corrected chi connectivity index (χ0v) is 14.3. The van der Waals surface area contributed by atoms with E-state index in [-0.39, 0.29) is 0 Å². The van der Waals surface area contributed by atoms with Gasteiger partial charge in [-0.25, -0.2) is 0 Å². The highest BCUT2D eigenvalue weighted by molar-refractivity contribution is 5.66. The van der Waals surface area contributed by atoms with Crippen LogP contribution in [0.3, 0.4) is 0 Å². The Morgan fingerprint density at radius 3 is 2.05 bits per heavy atom. The normalized spacial score (nSPS) is 13.7. The van der Waals surface area contributed by atoms with E-state index in [1.54, 1.807) is 6.08 Å². The monoisotopic (exact) mass is 286 g/mol. The van der Waals surface area contributed by atoms with Gasteiger partial charge in [-0.3, -0.25) is 4.79 Å². The molecule has 0 bridgehead atoms. The van der Waals surface area contributed by atoms with Crippen molar-refractivity contribution in [1.29, 1.82) is 0 Å². The van der Waals surface area contributed by atoms with Gasteiger partial charge in [0.1, 0.15) is 6.29 Å². The van der Waals surface area contributed by atoms with Crippen LogP contribution in [0, 0.1) is 0 Å². The summed E-state index contributed by atoms with van der Waals surface area (Å²) in [5.74, 6) is 0. The molecule has 0 fully saturated rings. The Labute approximate surface area is 130 Å². The third-order valence-corrected chi connectivity index (χ3v) is 3.19. The highest BCUT2D eigenvalue weighted by Crippen LogP contribution is 2.11. The molecule has 0 radical (unpaired) electrons. The minimum atomic E-state index is 0.818. The molecule has 0 N–H and O–H groups in total. The molecule has 0 aliphatic heterocycles. The summed E-state index contributed by atoms with van der Waals surface area (Å²) in [6.45, 7) is 10.6. The van der Waals surface area contributed by atoms with Crippen LogP contribution >= 0.6 is 0 Å². The van der Waals surface area contributed by atoms with Crippen LogP contribution in [0.5, 0.6) is 0 Å². The van der Waals surface area contributed by atoms with Crippen molar-refractivity contribution in [2.24, 2.45) is 0 Å². The first-order chi connectivity index (χ1) is 9.95. The maximum Gasteiger partial charge on any atom is 0.143 e. The molecular formula is C20H30O. The Morgan fingerprint density at radius 1 is 0.810 bits per heavy atom. The number of hydrogen-bond acceptors (Lipinski definition) is 1. The quantitative estimate of drug-likeness (QED) is 0.216. The highest BCUT2D eigenvalue weighted by atomic mass is 16.1. The lowest BCUT2D eigenvalue weighted by Gasteiger charge is -2.00. The molecule has 0 rings (SSSR count). The molecule has 0 spiro atoms. The molecule has 0 aromatic heterocycles. The standard InChI is InChI=1S/C20H30O/c1-17(2)9-6-10-18(3)11-7-12-19(4)13-8-14-20(5)15-16-21/h8-9,11,13-16H,6-7,10,12H2,1-5H3. The number of hydrogen-bond donors (Lipinski definition) is 0. The first-order valence-electron chi connectivity index (χ1n) is 7.70. The van der Waals surface area contributed by atoms with E-state index >= 15 is 0 Å². The minimum Gasteiger partial charge on any atom is -0.299 e. The fraction of sp³-hybridized carbons (Fsp3) is 0.450. The highest BCUT2D eigenvalue weighted by Gasteiger charge is 1.91. The van der Waals surface area contributed by atoms with Crippen LogP contribution in [-0.2, 0) is 4.79 Å². The van der Waals surface area contributed by atoms with Gasteiger partial charge in [0, 0.05) is 0 Å². The summed E-state index contributed by atoms with van der Waals surface area (Å²) in [5.41, 5.74) is 5.20. The van der Waals surface area contributed by atoms with Crippen molar-refractivity contribution in [3.05, 3.63) is 58.7 Å². The van der Waals surface area contributed by atoms with E-state index in [2.05, 4.69) is 45.9 Å². The molecule has 0 aliphatic carbocycles. The molecule has 0 aromatic carbocycles. The van der Waals surface area contributed by atoms with Gasteiger partial charge < -0.3 is 0 Å².